The fourth-order valence-electron chi connectivity index (χ4n) is 5.07. The van der Waals surface area contributed by atoms with Crippen LogP contribution in [0.3, 0.4) is 0 Å². The minimum Gasteiger partial charge on any atom is -0.497 e. The van der Waals surface area contributed by atoms with Crippen LogP contribution < -0.4 is 9.64 Å². The predicted octanol–water partition coefficient (Wildman–Crippen LogP) is 3.28. The van der Waals surface area contributed by atoms with Crippen molar-refractivity contribution < 1.29 is 9.84 Å². The fourth-order valence-corrected chi connectivity index (χ4v) is 5.07. The predicted molar refractivity (Wildman–Crippen MR) is 127 cm³/mol. The van der Waals surface area contributed by atoms with E-state index in [0.717, 1.165) is 67.7 Å². The molecule has 33 heavy (non-hydrogen) atoms. The Hall–Kier alpha value is -2.97. The van der Waals surface area contributed by atoms with Crippen LogP contribution in [0.1, 0.15) is 43.0 Å². The molecule has 1 N–H and O–H groups in total. The van der Waals surface area contributed by atoms with Crippen LogP contribution in [0.15, 0.2) is 42.7 Å². The summed E-state index contributed by atoms with van der Waals surface area (Å²) in [5, 5.41) is 14.3. The topological polar surface area (TPSA) is 79.5 Å². The summed E-state index contributed by atoms with van der Waals surface area (Å²) in [5.74, 6) is 1.67. The molecule has 2 aliphatic rings. The number of ether oxygens (including phenoxy) is 1. The van der Waals surface area contributed by atoms with E-state index in [2.05, 4.69) is 32.0 Å². The standard InChI is InChI=1S/C25H32N6O2/c1-33-20-8-6-19(7-9-20)18-30-14-4-5-23(30)24-21(17-27-31(24)15-16-32)22-10-11-26-25(28-22)29-12-2-3-13-29/h6-11,17,23,32H,2-5,12-16,18H2,1H3/t23-/m1/s1. The summed E-state index contributed by atoms with van der Waals surface area (Å²) in [7, 11) is 1.69. The maximum absolute atomic E-state index is 9.69. The molecule has 1 atom stereocenters. The smallest absolute Gasteiger partial charge is 0.225 e. The van der Waals surface area contributed by atoms with Gasteiger partial charge in [0.2, 0.25) is 5.95 Å². The molecule has 0 radical (unpaired) electrons. The molecule has 3 aromatic rings. The summed E-state index contributed by atoms with van der Waals surface area (Å²) in [4.78, 5) is 14.2. The van der Waals surface area contributed by atoms with E-state index in [0.29, 0.717) is 6.54 Å². The molecule has 0 aliphatic carbocycles. The van der Waals surface area contributed by atoms with Crippen molar-refractivity contribution in [1.29, 1.82) is 0 Å². The third-order valence-corrected chi connectivity index (χ3v) is 6.72. The molecule has 0 saturated carbocycles. The average Bonchev–Trinajstić information content (AvgIpc) is 3.61. The van der Waals surface area contributed by atoms with Crippen molar-refractivity contribution >= 4 is 5.95 Å². The first-order valence-electron chi connectivity index (χ1n) is 11.9. The summed E-state index contributed by atoms with van der Waals surface area (Å²) in [6.07, 6.45) is 8.33. The highest BCUT2D eigenvalue weighted by atomic mass is 16.5. The molecule has 2 aromatic heterocycles. The first-order chi connectivity index (χ1) is 16.3. The molecular weight excluding hydrogens is 416 g/mol. The Kier molecular flexibility index (Phi) is 6.55. The Morgan fingerprint density at radius 1 is 1.06 bits per heavy atom. The minimum atomic E-state index is 0.0577. The molecule has 2 saturated heterocycles. The lowest BCUT2D eigenvalue weighted by molar-refractivity contribution is 0.226. The highest BCUT2D eigenvalue weighted by Gasteiger charge is 2.32. The Morgan fingerprint density at radius 2 is 1.88 bits per heavy atom. The number of hydrogen-bond donors (Lipinski definition) is 1. The zero-order valence-electron chi connectivity index (χ0n) is 19.2. The van der Waals surface area contributed by atoms with Gasteiger partial charge in [-0.05, 0) is 56.0 Å². The first-order valence-corrected chi connectivity index (χ1v) is 11.9. The SMILES string of the molecule is COc1ccc(CN2CCC[C@@H]2c2c(-c3ccnc(N4CCCC4)n3)cnn2CCO)cc1. The molecular formula is C25H32N6O2. The van der Waals surface area contributed by atoms with E-state index in [4.69, 9.17) is 9.72 Å². The van der Waals surface area contributed by atoms with Gasteiger partial charge in [0.05, 0.1) is 43.9 Å². The fraction of sp³-hybridized carbons (Fsp3) is 0.480. The molecule has 174 valence electrons. The van der Waals surface area contributed by atoms with Gasteiger partial charge >= 0.3 is 0 Å². The van der Waals surface area contributed by atoms with Crippen LogP contribution in [-0.2, 0) is 13.1 Å². The highest BCUT2D eigenvalue weighted by molar-refractivity contribution is 5.63. The van der Waals surface area contributed by atoms with Gasteiger partial charge in [-0.25, -0.2) is 9.97 Å². The van der Waals surface area contributed by atoms with Gasteiger partial charge in [0.15, 0.2) is 0 Å². The second-order valence-electron chi connectivity index (χ2n) is 8.80. The molecule has 2 fully saturated rings. The van der Waals surface area contributed by atoms with Crippen molar-refractivity contribution in [1.82, 2.24) is 24.6 Å². The second kappa shape index (κ2) is 9.89. The lowest BCUT2D eigenvalue weighted by atomic mass is 10.0. The molecule has 0 bridgehead atoms. The Bertz CT molecular complexity index is 1060. The molecule has 4 heterocycles. The molecule has 0 amide bonds. The van der Waals surface area contributed by atoms with E-state index >= 15 is 0 Å². The van der Waals surface area contributed by atoms with Gasteiger partial charge < -0.3 is 14.7 Å². The van der Waals surface area contributed by atoms with Crippen molar-refractivity contribution in [3.8, 4) is 17.0 Å². The van der Waals surface area contributed by atoms with E-state index in [1.165, 1.54) is 18.4 Å². The molecule has 1 aromatic carbocycles. The van der Waals surface area contributed by atoms with E-state index in [1.807, 2.05) is 35.3 Å². The summed E-state index contributed by atoms with van der Waals surface area (Å²) < 4.78 is 7.27. The van der Waals surface area contributed by atoms with E-state index in [9.17, 15) is 5.11 Å². The van der Waals surface area contributed by atoms with E-state index in [-0.39, 0.29) is 12.6 Å². The van der Waals surface area contributed by atoms with Gasteiger partial charge in [0, 0.05) is 31.4 Å². The number of rotatable bonds is 8. The number of likely N-dealkylation sites (tertiary alicyclic amines) is 1. The van der Waals surface area contributed by atoms with Crippen molar-refractivity contribution in [3.63, 3.8) is 0 Å². The molecule has 0 unspecified atom stereocenters. The van der Waals surface area contributed by atoms with Crippen molar-refractivity contribution in [2.45, 2.75) is 44.8 Å². The van der Waals surface area contributed by atoms with Crippen LogP contribution in [-0.4, -0.2) is 63.1 Å². The van der Waals surface area contributed by atoms with Crippen LogP contribution in [0, 0.1) is 0 Å². The number of aliphatic hydroxyl groups is 1. The lowest BCUT2D eigenvalue weighted by Gasteiger charge is -2.26. The monoisotopic (exact) mass is 448 g/mol. The van der Waals surface area contributed by atoms with Crippen molar-refractivity contribution in [2.75, 3.05) is 38.3 Å². The third kappa shape index (κ3) is 4.58. The number of anilines is 1. The van der Waals surface area contributed by atoms with Gasteiger partial charge in [-0.1, -0.05) is 12.1 Å². The molecule has 8 heteroatoms. The maximum Gasteiger partial charge on any atom is 0.225 e. The van der Waals surface area contributed by atoms with Crippen molar-refractivity contribution in [3.05, 3.63) is 54.0 Å². The first kappa shape index (κ1) is 21.9. The molecule has 8 nitrogen and oxygen atoms in total. The van der Waals surface area contributed by atoms with Crippen LogP contribution in [0.2, 0.25) is 0 Å². The average molecular weight is 449 g/mol. The van der Waals surface area contributed by atoms with Crippen molar-refractivity contribution in [2.24, 2.45) is 0 Å². The van der Waals surface area contributed by atoms with Crippen LogP contribution >= 0.6 is 0 Å². The third-order valence-electron chi connectivity index (χ3n) is 6.72. The van der Waals surface area contributed by atoms with Crippen LogP contribution in [0.5, 0.6) is 5.75 Å². The number of nitrogens with zero attached hydrogens (tertiary/aromatic N) is 6. The summed E-state index contributed by atoms with van der Waals surface area (Å²) in [6, 6.07) is 10.5. The molecule has 2 aliphatic heterocycles. The minimum absolute atomic E-state index is 0.0577. The lowest BCUT2D eigenvalue weighted by Crippen LogP contribution is -2.26. The largest absolute Gasteiger partial charge is 0.497 e. The Balaban J connectivity index is 1.46. The number of benzene rings is 1. The van der Waals surface area contributed by atoms with Crippen LogP contribution in [0.25, 0.3) is 11.3 Å². The normalized spacial score (nSPS) is 18.8. The highest BCUT2D eigenvalue weighted by Crippen LogP contribution is 2.38. The zero-order valence-corrected chi connectivity index (χ0v) is 19.2. The summed E-state index contributed by atoms with van der Waals surface area (Å²) in [5.41, 5.74) is 4.34. The zero-order chi connectivity index (χ0) is 22.6. The molecule has 5 rings (SSSR count). The second-order valence-corrected chi connectivity index (χ2v) is 8.80. The van der Waals surface area contributed by atoms with Gasteiger partial charge in [0.1, 0.15) is 5.75 Å². The number of methoxy groups -OCH3 is 1. The Morgan fingerprint density at radius 3 is 2.64 bits per heavy atom. The molecule has 0 spiro atoms. The van der Waals surface area contributed by atoms with Gasteiger partial charge in [-0.2, -0.15) is 5.10 Å². The van der Waals surface area contributed by atoms with Gasteiger partial charge in [0.25, 0.3) is 0 Å². The number of hydrogen-bond acceptors (Lipinski definition) is 7. The van der Waals surface area contributed by atoms with E-state index < -0.39 is 0 Å². The van der Waals surface area contributed by atoms with Gasteiger partial charge in [-0.3, -0.25) is 9.58 Å². The quantitative estimate of drug-likeness (QED) is 0.566. The van der Waals surface area contributed by atoms with Crippen LogP contribution in [0.4, 0.5) is 5.95 Å². The Labute approximate surface area is 194 Å². The van der Waals surface area contributed by atoms with Gasteiger partial charge in [-0.15, -0.1) is 0 Å². The summed E-state index contributed by atoms with van der Waals surface area (Å²) in [6.45, 7) is 4.45. The summed E-state index contributed by atoms with van der Waals surface area (Å²) >= 11 is 0. The number of aromatic nitrogens is 4. The van der Waals surface area contributed by atoms with E-state index in [1.54, 1.807) is 7.11 Å². The maximum atomic E-state index is 9.69. The number of aliphatic hydroxyl groups excluding tert-OH is 1.